The summed E-state index contributed by atoms with van der Waals surface area (Å²) in [5.74, 6) is 2.23. The second-order valence-electron chi connectivity index (χ2n) is 11.2. The molecule has 0 saturated carbocycles. The molecule has 2 N–H and O–H groups in total. The standard InChI is InChI=1S/C30H35N5O/c1-18(2)21-10-9-19(3)26(13-21)34-12-11-24-23(15-34)29(35-16-30(5,36)17-35)33-28(32-24)22-7-6-8-25-27(22)20(4)14-31-25/h6-10,13-14,18,31,36H,11-12,15-17H2,1-5H3. The van der Waals surface area contributed by atoms with Gasteiger partial charge in [0.05, 0.1) is 11.3 Å². The summed E-state index contributed by atoms with van der Waals surface area (Å²) in [4.78, 5) is 18.4. The predicted molar refractivity (Wildman–Crippen MR) is 147 cm³/mol. The number of benzene rings is 2. The SMILES string of the molecule is Cc1ccc(C(C)C)cc1N1CCc2nc(-c3cccc4[nH]cc(C)c34)nc(N3CC(C)(O)C3)c2C1. The van der Waals surface area contributed by atoms with Crippen molar-refractivity contribution in [3.63, 3.8) is 0 Å². The van der Waals surface area contributed by atoms with E-state index in [1.807, 2.05) is 13.1 Å². The molecule has 0 unspecified atom stereocenters. The van der Waals surface area contributed by atoms with Crippen LogP contribution < -0.4 is 9.80 Å². The van der Waals surface area contributed by atoms with E-state index in [9.17, 15) is 5.11 Å². The molecule has 6 rings (SSSR count). The zero-order valence-corrected chi connectivity index (χ0v) is 21.9. The molecule has 6 nitrogen and oxygen atoms in total. The highest BCUT2D eigenvalue weighted by molar-refractivity contribution is 5.96. The highest BCUT2D eigenvalue weighted by Gasteiger charge is 2.40. The fourth-order valence-electron chi connectivity index (χ4n) is 5.78. The number of H-pyrrole nitrogens is 1. The molecule has 0 spiro atoms. The van der Waals surface area contributed by atoms with Crippen molar-refractivity contribution in [3.05, 3.63) is 70.5 Å². The molecule has 1 fully saturated rings. The third kappa shape index (κ3) is 3.84. The maximum atomic E-state index is 10.5. The molecule has 0 aliphatic carbocycles. The summed E-state index contributed by atoms with van der Waals surface area (Å²) in [6, 6.07) is 13.1. The Bertz CT molecular complexity index is 1460. The number of aromatic amines is 1. The normalized spacial score (nSPS) is 17.0. The van der Waals surface area contributed by atoms with Gasteiger partial charge < -0.3 is 19.9 Å². The molecule has 6 heteroatoms. The monoisotopic (exact) mass is 481 g/mol. The van der Waals surface area contributed by atoms with Gasteiger partial charge in [0.25, 0.3) is 0 Å². The van der Waals surface area contributed by atoms with Crippen molar-refractivity contribution in [2.24, 2.45) is 0 Å². The quantitative estimate of drug-likeness (QED) is 0.403. The Morgan fingerprint density at radius 2 is 1.83 bits per heavy atom. The van der Waals surface area contributed by atoms with E-state index in [4.69, 9.17) is 9.97 Å². The summed E-state index contributed by atoms with van der Waals surface area (Å²) in [7, 11) is 0. The fraction of sp³-hybridized carbons (Fsp3) is 0.400. The number of nitrogens with one attached hydrogen (secondary N) is 1. The van der Waals surface area contributed by atoms with Crippen molar-refractivity contribution in [2.75, 3.05) is 29.4 Å². The largest absolute Gasteiger partial charge is 0.386 e. The van der Waals surface area contributed by atoms with Crippen molar-refractivity contribution < 1.29 is 5.11 Å². The van der Waals surface area contributed by atoms with Gasteiger partial charge >= 0.3 is 0 Å². The Balaban J connectivity index is 1.45. The van der Waals surface area contributed by atoms with Crippen molar-refractivity contribution in [2.45, 2.75) is 59.1 Å². The Morgan fingerprint density at radius 3 is 2.58 bits per heavy atom. The second kappa shape index (κ2) is 8.34. The van der Waals surface area contributed by atoms with Crippen LogP contribution in [0.2, 0.25) is 0 Å². The second-order valence-corrected chi connectivity index (χ2v) is 11.2. The van der Waals surface area contributed by atoms with E-state index in [1.165, 1.54) is 33.3 Å². The van der Waals surface area contributed by atoms with E-state index in [-0.39, 0.29) is 0 Å². The number of aliphatic hydroxyl groups is 1. The molecule has 0 radical (unpaired) electrons. The number of fused-ring (bicyclic) bond motifs is 2. The first-order valence-corrected chi connectivity index (χ1v) is 13.0. The van der Waals surface area contributed by atoms with Crippen molar-refractivity contribution in [3.8, 4) is 11.4 Å². The third-order valence-electron chi connectivity index (χ3n) is 7.79. The van der Waals surface area contributed by atoms with Gasteiger partial charge in [0.1, 0.15) is 5.82 Å². The van der Waals surface area contributed by atoms with Crippen molar-refractivity contribution in [1.29, 1.82) is 0 Å². The third-order valence-corrected chi connectivity index (χ3v) is 7.79. The summed E-state index contributed by atoms with van der Waals surface area (Å²) in [6.45, 7) is 13.6. The first kappa shape index (κ1) is 23.0. The first-order chi connectivity index (χ1) is 17.2. The van der Waals surface area contributed by atoms with Crippen molar-refractivity contribution >= 4 is 22.4 Å². The van der Waals surface area contributed by atoms with Crippen LogP contribution in [-0.2, 0) is 13.0 Å². The first-order valence-electron chi connectivity index (χ1n) is 13.0. The van der Waals surface area contributed by atoms with Gasteiger partial charge in [0, 0.05) is 66.5 Å². The van der Waals surface area contributed by atoms with Gasteiger partial charge in [-0.15, -0.1) is 0 Å². The van der Waals surface area contributed by atoms with E-state index in [2.05, 4.69) is 78.9 Å². The van der Waals surface area contributed by atoms with Gasteiger partial charge in [-0.05, 0) is 55.5 Å². The fourth-order valence-corrected chi connectivity index (χ4v) is 5.78. The van der Waals surface area contributed by atoms with E-state index < -0.39 is 5.60 Å². The molecule has 186 valence electrons. The van der Waals surface area contributed by atoms with Crippen LogP contribution in [0, 0.1) is 13.8 Å². The lowest BCUT2D eigenvalue weighted by Gasteiger charge is -2.46. The minimum Gasteiger partial charge on any atom is -0.386 e. The van der Waals surface area contributed by atoms with Crippen LogP contribution in [0.4, 0.5) is 11.5 Å². The van der Waals surface area contributed by atoms with Gasteiger partial charge in [-0.1, -0.05) is 38.1 Å². The van der Waals surface area contributed by atoms with E-state index in [1.54, 1.807) is 0 Å². The number of aromatic nitrogens is 3. The molecule has 2 aliphatic heterocycles. The zero-order chi connectivity index (χ0) is 25.2. The Labute approximate surface area is 213 Å². The minimum absolute atomic E-state index is 0.491. The highest BCUT2D eigenvalue weighted by atomic mass is 16.3. The Hall–Kier alpha value is -3.38. The van der Waals surface area contributed by atoms with Gasteiger partial charge in [-0.25, -0.2) is 9.97 Å². The lowest BCUT2D eigenvalue weighted by molar-refractivity contribution is 0.0304. The van der Waals surface area contributed by atoms with Gasteiger partial charge in [0.2, 0.25) is 0 Å². The number of rotatable bonds is 4. The Kier molecular flexibility index (Phi) is 5.34. The topological polar surface area (TPSA) is 68.3 Å². The number of hydrogen-bond acceptors (Lipinski definition) is 5. The summed E-state index contributed by atoms with van der Waals surface area (Å²) < 4.78 is 0. The molecule has 0 atom stereocenters. The minimum atomic E-state index is -0.675. The molecule has 2 aromatic carbocycles. The number of anilines is 2. The molecule has 1 saturated heterocycles. The summed E-state index contributed by atoms with van der Waals surface area (Å²) in [6.07, 6.45) is 2.92. The smallest absolute Gasteiger partial charge is 0.162 e. The average molecular weight is 482 g/mol. The maximum absolute atomic E-state index is 10.5. The van der Waals surface area contributed by atoms with Crippen LogP contribution in [0.3, 0.4) is 0 Å². The summed E-state index contributed by atoms with van der Waals surface area (Å²) in [5, 5.41) is 11.7. The molecule has 2 aliphatic rings. The van der Waals surface area contributed by atoms with Crippen LogP contribution >= 0.6 is 0 Å². The predicted octanol–water partition coefficient (Wildman–Crippen LogP) is 5.50. The van der Waals surface area contributed by atoms with Gasteiger partial charge in [-0.2, -0.15) is 0 Å². The molecular weight excluding hydrogens is 446 g/mol. The molecule has 0 amide bonds. The number of nitrogens with zero attached hydrogens (tertiary/aromatic N) is 4. The van der Waals surface area contributed by atoms with E-state index in [0.717, 1.165) is 47.9 Å². The van der Waals surface area contributed by atoms with Crippen molar-refractivity contribution in [1.82, 2.24) is 15.0 Å². The lowest BCUT2D eigenvalue weighted by Crippen LogP contribution is -2.60. The lowest BCUT2D eigenvalue weighted by atomic mass is 9.94. The number of aryl methyl sites for hydroxylation is 2. The molecule has 4 heterocycles. The van der Waals surface area contributed by atoms with Crippen LogP contribution in [0.1, 0.15) is 54.6 Å². The van der Waals surface area contributed by atoms with Crippen LogP contribution in [0.5, 0.6) is 0 Å². The number of hydrogen-bond donors (Lipinski definition) is 2. The maximum Gasteiger partial charge on any atom is 0.162 e. The molecule has 4 aromatic rings. The summed E-state index contributed by atoms with van der Waals surface area (Å²) in [5.41, 5.74) is 8.95. The molecule has 2 aromatic heterocycles. The molecule has 0 bridgehead atoms. The highest BCUT2D eigenvalue weighted by Crippen LogP contribution is 2.38. The number of β-amino-alcohol motifs (C(OH)–C–C–N with tert-alkyl or cyclic N) is 1. The van der Waals surface area contributed by atoms with E-state index in [0.29, 0.717) is 19.0 Å². The van der Waals surface area contributed by atoms with Crippen LogP contribution in [0.15, 0.2) is 42.6 Å². The van der Waals surface area contributed by atoms with Crippen LogP contribution in [0.25, 0.3) is 22.3 Å². The summed E-state index contributed by atoms with van der Waals surface area (Å²) >= 11 is 0. The zero-order valence-electron chi connectivity index (χ0n) is 21.9. The molecular formula is C30H35N5O. The van der Waals surface area contributed by atoms with E-state index >= 15 is 0 Å². The Morgan fingerprint density at radius 1 is 1.03 bits per heavy atom. The van der Waals surface area contributed by atoms with Gasteiger partial charge in [-0.3, -0.25) is 0 Å². The van der Waals surface area contributed by atoms with Crippen LogP contribution in [-0.4, -0.2) is 45.3 Å². The molecule has 36 heavy (non-hydrogen) atoms. The van der Waals surface area contributed by atoms with Gasteiger partial charge in [0.15, 0.2) is 5.82 Å². The average Bonchev–Trinajstić information content (AvgIpc) is 3.22.